The molecule has 1 aromatic rings. The van der Waals surface area contributed by atoms with Gasteiger partial charge in [-0.05, 0) is 18.1 Å². The molecule has 130 valence electrons. The van der Waals surface area contributed by atoms with Gasteiger partial charge in [-0.3, -0.25) is 5.21 Å². The summed E-state index contributed by atoms with van der Waals surface area (Å²) in [5.74, 6) is -1.41. The number of ether oxygens (including phenoxy) is 1. The number of likely N-dealkylation sites (tertiary alicyclic amines) is 1. The lowest BCUT2D eigenvalue weighted by atomic mass is 9.70. The van der Waals surface area contributed by atoms with E-state index in [1.54, 1.807) is 6.07 Å². The van der Waals surface area contributed by atoms with Gasteiger partial charge in [0, 0.05) is 0 Å². The topological polar surface area (TPSA) is 149 Å². The molecule has 1 saturated heterocycles. The number of carboxylic acids is 1. The molecule has 11 heteroatoms. The Labute approximate surface area is 136 Å². The van der Waals surface area contributed by atoms with Crippen LogP contribution < -0.4 is 14.9 Å². The van der Waals surface area contributed by atoms with Crippen LogP contribution in [0.1, 0.15) is 15.9 Å². The van der Waals surface area contributed by atoms with Crippen LogP contribution >= 0.6 is 0 Å². The number of nitrogens with zero attached hydrogens (tertiary/aromatic N) is 1. The van der Waals surface area contributed by atoms with Crippen molar-refractivity contribution >= 4 is 18.8 Å². The zero-order valence-electron chi connectivity index (χ0n) is 12.5. The average molecular weight is 339 g/mol. The third-order valence-corrected chi connectivity index (χ3v) is 4.04. The Balaban J connectivity index is 1.82. The number of amides is 2. The van der Waals surface area contributed by atoms with Gasteiger partial charge < -0.3 is 29.4 Å². The van der Waals surface area contributed by atoms with E-state index in [0.717, 1.165) is 0 Å². The number of urea groups is 1. The minimum Gasteiger partial charge on any atom is -0.669 e. The SMILES string of the molecule is O=C(O)c1c(OC2CN(C(=O)NO)C2)ccc2c1O[B-](O)(O)CC2. The lowest BCUT2D eigenvalue weighted by Crippen LogP contribution is -2.58. The number of carbonyl (C=O) groups excluding carboxylic acids is 1. The van der Waals surface area contributed by atoms with Crippen LogP contribution in [0.25, 0.3) is 0 Å². The monoisotopic (exact) mass is 339 g/mol. The Morgan fingerprint density at radius 3 is 2.67 bits per heavy atom. The molecule has 3 rings (SSSR count). The summed E-state index contributed by atoms with van der Waals surface area (Å²) >= 11 is 0. The van der Waals surface area contributed by atoms with E-state index in [2.05, 4.69) is 0 Å². The smallest absolute Gasteiger partial charge is 0.430 e. The zero-order chi connectivity index (χ0) is 17.5. The molecular weight excluding hydrogens is 323 g/mol. The van der Waals surface area contributed by atoms with Crippen molar-refractivity contribution in [3.8, 4) is 11.5 Å². The minimum atomic E-state index is -3.10. The maximum absolute atomic E-state index is 11.6. The molecule has 0 atom stereocenters. The highest BCUT2D eigenvalue weighted by atomic mass is 16.6. The highest BCUT2D eigenvalue weighted by molar-refractivity contribution is 6.59. The molecule has 1 fully saturated rings. The Kier molecular flexibility index (Phi) is 3.99. The lowest BCUT2D eigenvalue weighted by Gasteiger charge is -2.40. The second-order valence-electron chi connectivity index (χ2n) is 5.81. The van der Waals surface area contributed by atoms with E-state index in [1.807, 2.05) is 0 Å². The fourth-order valence-corrected chi connectivity index (χ4v) is 2.76. The molecule has 0 spiro atoms. The Bertz CT molecular complexity index is 689. The van der Waals surface area contributed by atoms with Gasteiger partial charge in [-0.15, -0.1) is 0 Å². The van der Waals surface area contributed by atoms with Gasteiger partial charge in [0.2, 0.25) is 0 Å². The van der Waals surface area contributed by atoms with E-state index in [4.69, 9.17) is 14.6 Å². The molecule has 2 heterocycles. The summed E-state index contributed by atoms with van der Waals surface area (Å²) in [4.78, 5) is 24.0. The van der Waals surface area contributed by atoms with E-state index in [0.29, 0.717) is 5.56 Å². The van der Waals surface area contributed by atoms with Crippen molar-refractivity contribution in [2.75, 3.05) is 13.1 Å². The maximum atomic E-state index is 11.6. The Hall–Kier alpha value is -2.50. The summed E-state index contributed by atoms with van der Waals surface area (Å²) in [6.45, 7) is -2.74. The van der Waals surface area contributed by atoms with Gasteiger partial charge in [-0.25, -0.2) is 15.1 Å². The van der Waals surface area contributed by atoms with E-state index in [-0.39, 0.29) is 42.9 Å². The van der Waals surface area contributed by atoms with Crippen LogP contribution in [0.3, 0.4) is 0 Å². The standard InChI is InChI=1S/C13H16BN2O8/c17-12(18)10-9(23-8-5-16(6-8)13(19)15-22)2-1-7-3-4-14(20,21)24-11(7)10/h1-2,8,20-22H,3-6H2,(H,15,19)(H,17,18)/q-1. The molecule has 10 nitrogen and oxygen atoms in total. The molecule has 0 aromatic heterocycles. The molecule has 2 aliphatic rings. The first-order valence-electron chi connectivity index (χ1n) is 7.35. The molecule has 0 radical (unpaired) electrons. The van der Waals surface area contributed by atoms with E-state index in [1.165, 1.54) is 16.4 Å². The number of aromatic carboxylic acids is 1. The Morgan fingerprint density at radius 2 is 2.04 bits per heavy atom. The number of hydrogen-bond acceptors (Lipinski definition) is 7. The summed E-state index contributed by atoms with van der Waals surface area (Å²) in [5, 5.41) is 37.3. The number of carboxylic acid groups (broad SMARTS) is 1. The van der Waals surface area contributed by atoms with E-state index >= 15 is 0 Å². The highest BCUT2D eigenvalue weighted by Gasteiger charge is 2.36. The van der Waals surface area contributed by atoms with Crippen LogP contribution in [0.2, 0.25) is 6.32 Å². The van der Waals surface area contributed by atoms with Crippen molar-refractivity contribution < 1.29 is 39.3 Å². The van der Waals surface area contributed by atoms with Crippen molar-refractivity contribution in [3.05, 3.63) is 23.3 Å². The predicted octanol–water partition coefficient (Wildman–Crippen LogP) is -0.595. The summed E-state index contributed by atoms with van der Waals surface area (Å²) in [5.41, 5.74) is 1.76. The first kappa shape index (κ1) is 16.4. The van der Waals surface area contributed by atoms with Gasteiger partial charge in [0.25, 0.3) is 0 Å². The van der Waals surface area contributed by atoms with Crippen LogP contribution in [-0.4, -0.2) is 63.2 Å². The quantitative estimate of drug-likeness (QED) is 0.279. The summed E-state index contributed by atoms with van der Waals surface area (Å²) in [7, 11) is 0. The van der Waals surface area contributed by atoms with Crippen molar-refractivity contribution in [1.82, 2.24) is 10.4 Å². The lowest BCUT2D eigenvalue weighted by molar-refractivity contribution is 0.0281. The van der Waals surface area contributed by atoms with E-state index < -0.39 is 24.9 Å². The first-order chi connectivity index (χ1) is 11.3. The number of hydroxylamine groups is 1. The van der Waals surface area contributed by atoms with Crippen molar-refractivity contribution in [2.45, 2.75) is 18.8 Å². The Morgan fingerprint density at radius 1 is 1.33 bits per heavy atom. The second-order valence-corrected chi connectivity index (χ2v) is 5.81. The van der Waals surface area contributed by atoms with Gasteiger partial charge in [0.15, 0.2) is 0 Å². The molecule has 2 aliphatic heterocycles. The number of carbonyl (C=O) groups is 2. The second kappa shape index (κ2) is 5.85. The first-order valence-corrected chi connectivity index (χ1v) is 7.35. The molecule has 2 amide bonds. The molecule has 24 heavy (non-hydrogen) atoms. The number of aryl methyl sites for hydroxylation is 1. The molecule has 0 unspecified atom stereocenters. The number of benzene rings is 1. The maximum Gasteiger partial charge on any atom is 0.430 e. The molecule has 1 aromatic carbocycles. The van der Waals surface area contributed by atoms with Crippen LogP contribution in [0.15, 0.2) is 12.1 Å². The summed E-state index contributed by atoms with van der Waals surface area (Å²) in [6.07, 6.45) is -0.183. The van der Waals surface area contributed by atoms with Crippen LogP contribution in [0.5, 0.6) is 11.5 Å². The van der Waals surface area contributed by atoms with Gasteiger partial charge in [-0.1, -0.05) is 12.4 Å². The molecule has 0 bridgehead atoms. The van der Waals surface area contributed by atoms with Crippen LogP contribution in [0.4, 0.5) is 4.79 Å². The van der Waals surface area contributed by atoms with Gasteiger partial charge in [-0.2, -0.15) is 0 Å². The molecule has 5 N–H and O–H groups in total. The summed E-state index contributed by atoms with van der Waals surface area (Å²) in [6, 6.07) is 2.42. The van der Waals surface area contributed by atoms with Crippen molar-refractivity contribution in [2.24, 2.45) is 0 Å². The summed E-state index contributed by atoms with van der Waals surface area (Å²) < 4.78 is 10.6. The van der Waals surface area contributed by atoms with Gasteiger partial charge in [0.05, 0.1) is 18.8 Å². The average Bonchev–Trinajstić information content (AvgIpc) is 2.47. The zero-order valence-corrected chi connectivity index (χ0v) is 12.5. The van der Waals surface area contributed by atoms with Crippen molar-refractivity contribution in [1.29, 1.82) is 0 Å². The molecular formula is C13H16BN2O8-. The normalized spacial score (nSPS) is 18.9. The number of rotatable bonds is 3. The third-order valence-electron chi connectivity index (χ3n) is 4.04. The molecule has 0 saturated carbocycles. The molecule has 0 aliphatic carbocycles. The number of nitrogens with one attached hydrogen (secondary N) is 1. The largest absolute Gasteiger partial charge is 0.669 e. The minimum absolute atomic E-state index is 0.0138. The third kappa shape index (κ3) is 2.96. The number of fused-ring (bicyclic) bond motifs is 1. The fraction of sp³-hybridized carbons (Fsp3) is 0.385. The highest BCUT2D eigenvalue weighted by Crippen LogP contribution is 2.38. The van der Waals surface area contributed by atoms with Crippen LogP contribution in [-0.2, 0) is 6.42 Å². The number of hydrogen-bond donors (Lipinski definition) is 5. The van der Waals surface area contributed by atoms with E-state index in [9.17, 15) is 24.7 Å². The van der Waals surface area contributed by atoms with Crippen molar-refractivity contribution in [3.63, 3.8) is 0 Å². The van der Waals surface area contributed by atoms with Crippen LogP contribution in [0, 0.1) is 0 Å². The fourth-order valence-electron chi connectivity index (χ4n) is 2.76. The van der Waals surface area contributed by atoms with Gasteiger partial charge >= 0.3 is 18.8 Å². The predicted molar refractivity (Wildman–Crippen MR) is 79.0 cm³/mol. The van der Waals surface area contributed by atoms with Gasteiger partial charge in [0.1, 0.15) is 17.4 Å².